The summed E-state index contributed by atoms with van der Waals surface area (Å²) in [7, 11) is 3.75. The van der Waals surface area contributed by atoms with Crippen molar-refractivity contribution in [3.05, 3.63) is 36.6 Å². The SMILES string of the molecule is CC1(C)/C=C/C=C\C=C\NC1.CNC. The molecule has 0 atom stereocenters. The number of nitrogens with one attached hydrogen (secondary N) is 2. The van der Waals surface area contributed by atoms with Crippen molar-refractivity contribution < 1.29 is 0 Å². The average molecular weight is 194 g/mol. The number of hydrogen-bond donors (Lipinski definition) is 2. The first-order chi connectivity index (χ1) is 6.62. The lowest BCUT2D eigenvalue weighted by molar-refractivity contribution is 0.463. The molecule has 2 nitrogen and oxygen atoms in total. The van der Waals surface area contributed by atoms with Crippen molar-refractivity contribution in [1.29, 1.82) is 0 Å². The van der Waals surface area contributed by atoms with E-state index in [-0.39, 0.29) is 5.41 Å². The average Bonchev–Trinajstić information content (AvgIpc) is 2.18. The molecule has 14 heavy (non-hydrogen) atoms. The highest BCUT2D eigenvalue weighted by molar-refractivity contribution is 5.14. The fraction of sp³-hybridized carbons (Fsp3) is 0.500. The predicted octanol–water partition coefficient (Wildman–Crippen LogP) is 2.08. The molecule has 0 fully saturated rings. The highest BCUT2D eigenvalue weighted by Crippen LogP contribution is 2.15. The fourth-order valence-corrected chi connectivity index (χ4v) is 0.949. The zero-order valence-electron chi connectivity index (χ0n) is 9.67. The third kappa shape index (κ3) is 7.62. The van der Waals surface area contributed by atoms with E-state index < -0.39 is 0 Å². The van der Waals surface area contributed by atoms with E-state index in [1.165, 1.54) is 0 Å². The molecule has 0 saturated heterocycles. The summed E-state index contributed by atoms with van der Waals surface area (Å²) in [6.07, 6.45) is 12.4. The van der Waals surface area contributed by atoms with Crippen molar-refractivity contribution >= 4 is 0 Å². The van der Waals surface area contributed by atoms with Crippen LogP contribution < -0.4 is 10.6 Å². The molecule has 0 aromatic carbocycles. The zero-order valence-corrected chi connectivity index (χ0v) is 9.67. The predicted molar refractivity (Wildman–Crippen MR) is 64.2 cm³/mol. The Hall–Kier alpha value is -1.02. The number of allylic oxidation sites excluding steroid dienone is 4. The van der Waals surface area contributed by atoms with Crippen LogP contribution in [0.1, 0.15) is 13.8 Å². The minimum absolute atomic E-state index is 0.249. The van der Waals surface area contributed by atoms with Crippen LogP contribution in [0.3, 0.4) is 0 Å². The Morgan fingerprint density at radius 1 is 1.07 bits per heavy atom. The molecule has 0 aromatic rings. The van der Waals surface area contributed by atoms with Gasteiger partial charge in [-0.2, -0.15) is 0 Å². The topological polar surface area (TPSA) is 24.1 Å². The first-order valence-electron chi connectivity index (χ1n) is 4.95. The van der Waals surface area contributed by atoms with E-state index in [4.69, 9.17) is 0 Å². The summed E-state index contributed by atoms with van der Waals surface area (Å²) in [5.41, 5.74) is 0.249. The van der Waals surface area contributed by atoms with E-state index in [9.17, 15) is 0 Å². The lowest BCUT2D eigenvalue weighted by Crippen LogP contribution is -2.23. The smallest absolute Gasteiger partial charge is 0.0227 e. The van der Waals surface area contributed by atoms with Gasteiger partial charge in [-0.15, -0.1) is 0 Å². The Morgan fingerprint density at radius 2 is 1.64 bits per heavy atom. The molecular formula is C12H22N2. The second-order valence-corrected chi connectivity index (χ2v) is 3.97. The normalized spacial score (nSPS) is 25.1. The Morgan fingerprint density at radius 3 is 2.29 bits per heavy atom. The van der Waals surface area contributed by atoms with Gasteiger partial charge < -0.3 is 10.6 Å². The molecule has 0 radical (unpaired) electrons. The molecule has 2 heteroatoms. The molecule has 0 spiro atoms. The Balaban J connectivity index is 0.000000500. The molecule has 0 saturated carbocycles. The molecule has 80 valence electrons. The third-order valence-electron chi connectivity index (χ3n) is 1.65. The molecule has 0 bridgehead atoms. The highest BCUT2D eigenvalue weighted by Gasteiger charge is 2.11. The van der Waals surface area contributed by atoms with E-state index >= 15 is 0 Å². The first-order valence-corrected chi connectivity index (χ1v) is 4.95. The molecule has 2 N–H and O–H groups in total. The molecule has 1 rings (SSSR count). The lowest BCUT2D eigenvalue weighted by atomic mass is 9.93. The summed E-state index contributed by atoms with van der Waals surface area (Å²) in [5.74, 6) is 0. The second kappa shape index (κ2) is 7.39. The third-order valence-corrected chi connectivity index (χ3v) is 1.65. The largest absolute Gasteiger partial charge is 0.390 e. The molecule has 1 aliphatic rings. The van der Waals surface area contributed by atoms with Crippen LogP contribution in [-0.4, -0.2) is 20.6 Å². The van der Waals surface area contributed by atoms with Gasteiger partial charge in [0.25, 0.3) is 0 Å². The van der Waals surface area contributed by atoms with Crippen molar-refractivity contribution in [3.63, 3.8) is 0 Å². The maximum Gasteiger partial charge on any atom is 0.0227 e. The zero-order chi connectivity index (χ0) is 10.9. The van der Waals surface area contributed by atoms with Gasteiger partial charge in [-0.05, 0) is 26.4 Å². The van der Waals surface area contributed by atoms with Gasteiger partial charge in [0.2, 0.25) is 0 Å². The minimum atomic E-state index is 0.249. The van der Waals surface area contributed by atoms with Crippen molar-refractivity contribution in [2.24, 2.45) is 5.41 Å². The summed E-state index contributed by atoms with van der Waals surface area (Å²) in [4.78, 5) is 0. The van der Waals surface area contributed by atoms with Crippen molar-refractivity contribution in [1.82, 2.24) is 10.6 Å². The molecule has 0 aliphatic carbocycles. The van der Waals surface area contributed by atoms with Crippen LogP contribution in [-0.2, 0) is 0 Å². The van der Waals surface area contributed by atoms with Gasteiger partial charge in [-0.25, -0.2) is 0 Å². The second-order valence-electron chi connectivity index (χ2n) is 3.97. The van der Waals surface area contributed by atoms with Crippen LogP contribution in [0.4, 0.5) is 0 Å². The fourth-order valence-electron chi connectivity index (χ4n) is 0.949. The highest BCUT2D eigenvalue weighted by atomic mass is 14.8. The van der Waals surface area contributed by atoms with Crippen LogP contribution in [0.2, 0.25) is 0 Å². The van der Waals surface area contributed by atoms with Gasteiger partial charge in [0.1, 0.15) is 0 Å². The van der Waals surface area contributed by atoms with Crippen LogP contribution in [0, 0.1) is 5.41 Å². The van der Waals surface area contributed by atoms with Gasteiger partial charge in [0, 0.05) is 12.0 Å². The monoisotopic (exact) mass is 194 g/mol. The molecular weight excluding hydrogens is 172 g/mol. The van der Waals surface area contributed by atoms with Crippen LogP contribution >= 0.6 is 0 Å². The first kappa shape index (κ1) is 13.0. The van der Waals surface area contributed by atoms with Crippen LogP contribution in [0.5, 0.6) is 0 Å². The summed E-state index contributed by atoms with van der Waals surface area (Å²) in [5, 5.41) is 5.98. The van der Waals surface area contributed by atoms with E-state index in [2.05, 4.69) is 36.6 Å². The van der Waals surface area contributed by atoms with E-state index in [0.717, 1.165) is 6.54 Å². The summed E-state index contributed by atoms with van der Waals surface area (Å²) >= 11 is 0. The molecule has 1 heterocycles. The molecule has 0 unspecified atom stereocenters. The summed E-state index contributed by atoms with van der Waals surface area (Å²) in [6, 6.07) is 0. The Labute approximate surface area is 87.8 Å². The van der Waals surface area contributed by atoms with Crippen LogP contribution in [0.25, 0.3) is 0 Å². The molecule has 0 amide bonds. The summed E-state index contributed by atoms with van der Waals surface area (Å²) in [6.45, 7) is 5.41. The maximum absolute atomic E-state index is 3.23. The minimum Gasteiger partial charge on any atom is -0.390 e. The standard InChI is InChI=1S/C10H15N.C2H7N/c1-10(2)7-5-3-4-6-8-11-9-10;1-3-2/h3-8,11H,9H2,1-2H3;3H,1-2H3/b4-3-,7-5+,8-6+;. The van der Waals surface area contributed by atoms with E-state index in [1.54, 1.807) is 0 Å². The van der Waals surface area contributed by atoms with Crippen molar-refractivity contribution in [2.75, 3.05) is 20.6 Å². The Bertz CT molecular complexity index is 212. The summed E-state index contributed by atoms with van der Waals surface area (Å²) < 4.78 is 0. The van der Waals surface area contributed by atoms with Crippen LogP contribution in [0.15, 0.2) is 36.6 Å². The Kier molecular flexibility index (Phi) is 6.85. The van der Waals surface area contributed by atoms with Gasteiger partial charge in [0.05, 0.1) is 0 Å². The maximum atomic E-state index is 3.23. The van der Waals surface area contributed by atoms with E-state index in [0.29, 0.717) is 0 Å². The molecule has 1 aliphatic heterocycles. The van der Waals surface area contributed by atoms with Crippen molar-refractivity contribution in [2.45, 2.75) is 13.8 Å². The van der Waals surface area contributed by atoms with Gasteiger partial charge in [-0.3, -0.25) is 0 Å². The quantitative estimate of drug-likeness (QED) is 0.617. The van der Waals surface area contributed by atoms with E-state index in [1.807, 2.05) is 38.5 Å². The van der Waals surface area contributed by atoms with Crippen molar-refractivity contribution in [3.8, 4) is 0 Å². The lowest BCUT2D eigenvalue weighted by Gasteiger charge is -2.19. The number of rotatable bonds is 0. The van der Waals surface area contributed by atoms with Gasteiger partial charge >= 0.3 is 0 Å². The van der Waals surface area contributed by atoms with Gasteiger partial charge in [0.15, 0.2) is 0 Å². The molecule has 0 aromatic heterocycles. The number of hydrogen-bond acceptors (Lipinski definition) is 2. The van der Waals surface area contributed by atoms with Gasteiger partial charge in [-0.1, -0.05) is 38.2 Å².